The van der Waals surface area contributed by atoms with Crippen molar-refractivity contribution in [3.05, 3.63) is 70.8 Å². The van der Waals surface area contributed by atoms with Gasteiger partial charge >= 0.3 is 5.96 Å². The monoisotopic (exact) mass is 297 g/mol. The molecule has 0 fully saturated rings. The molecule has 1 atom stereocenters. The van der Waals surface area contributed by atoms with Gasteiger partial charge in [0.2, 0.25) is 0 Å². The highest BCUT2D eigenvalue weighted by molar-refractivity contribution is 5.77. The maximum atomic E-state index is 11.2. The number of guanidine groups is 1. The predicted octanol–water partition coefficient (Wildman–Crippen LogP) is 2.41. The normalized spacial score (nSPS) is 17.7. The molecule has 112 valence electrons. The van der Waals surface area contributed by atoms with Crippen molar-refractivity contribution in [1.29, 1.82) is 0 Å². The average molecular weight is 297 g/mol. The van der Waals surface area contributed by atoms with Crippen LogP contribution in [-0.4, -0.2) is 17.0 Å². The van der Waals surface area contributed by atoms with E-state index in [0.717, 1.165) is 11.4 Å². The van der Waals surface area contributed by atoms with Gasteiger partial charge in [-0.1, -0.05) is 36.4 Å². The molecule has 0 spiro atoms. The van der Waals surface area contributed by atoms with Gasteiger partial charge in [-0.05, 0) is 36.1 Å². The molecule has 0 aliphatic carbocycles. The largest absolute Gasteiger partial charge is 0.470 e. The van der Waals surface area contributed by atoms with Crippen LogP contribution in [0.15, 0.2) is 65.8 Å². The van der Waals surface area contributed by atoms with Crippen molar-refractivity contribution in [2.24, 2.45) is 5.10 Å². The third kappa shape index (κ3) is 2.56. The van der Waals surface area contributed by atoms with E-state index >= 15 is 0 Å². The zero-order valence-electron chi connectivity index (χ0n) is 12.0. The highest BCUT2D eigenvalue weighted by Crippen LogP contribution is 2.24. The number of rotatable bonds is 2. The Bertz CT molecular complexity index is 690. The van der Waals surface area contributed by atoms with E-state index < -0.39 is 4.92 Å². The number of benzene rings is 2. The maximum absolute atomic E-state index is 11.2. The van der Waals surface area contributed by atoms with Gasteiger partial charge in [0, 0.05) is 5.10 Å². The van der Waals surface area contributed by atoms with Crippen molar-refractivity contribution in [2.75, 3.05) is 10.0 Å². The van der Waals surface area contributed by atoms with E-state index in [1.807, 2.05) is 67.6 Å². The number of hydrazone groups is 1. The van der Waals surface area contributed by atoms with Crippen LogP contribution in [0.5, 0.6) is 0 Å². The lowest BCUT2D eigenvalue weighted by atomic mass is 10.2. The summed E-state index contributed by atoms with van der Waals surface area (Å²) < 4.78 is 0. The number of hydrogen-bond donors (Lipinski definition) is 1. The fourth-order valence-electron chi connectivity index (χ4n) is 2.32. The molecular formula is C15H15N5O2. The Balaban J connectivity index is 2.02. The molecule has 22 heavy (non-hydrogen) atoms. The molecule has 0 aromatic heterocycles. The molecule has 7 nitrogen and oxygen atoms in total. The first kappa shape index (κ1) is 13.9. The third-order valence-corrected chi connectivity index (χ3v) is 3.38. The van der Waals surface area contributed by atoms with E-state index in [-0.39, 0.29) is 12.1 Å². The lowest BCUT2D eigenvalue weighted by Gasteiger charge is -2.35. The quantitative estimate of drug-likeness (QED) is 0.680. The van der Waals surface area contributed by atoms with Gasteiger partial charge in [-0.3, -0.25) is 0 Å². The average Bonchev–Trinajstić information content (AvgIpc) is 2.56. The minimum atomic E-state index is -0.530. The van der Waals surface area contributed by atoms with Crippen molar-refractivity contribution < 1.29 is 4.92 Å². The van der Waals surface area contributed by atoms with Crippen LogP contribution < -0.4 is 15.4 Å². The molecule has 0 radical (unpaired) electrons. The van der Waals surface area contributed by atoms with E-state index in [1.54, 1.807) is 10.0 Å². The van der Waals surface area contributed by atoms with Crippen LogP contribution in [0.2, 0.25) is 0 Å². The lowest BCUT2D eigenvalue weighted by molar-refractivity contribution is -0.356. The Morgan fingerprint density at radius 2 is 1.59 bits per heavy atom. The number of nitrogens with zero attached hydrogens (tertiary/aromatic N) is 4. The second-order valence-corrected chi connectivity index (χ2v) is 4.81. The minimum Gasteiger partial charge on any atom is -0.390 e. The first-order valence-corrected chi connectivity index (χ1v) is 6.85. The summed E-state index contributed by atoms with van der Waals surface area (Å²) in [5.74, 6) is -0.314. The summed E-state index contributed by atoms with van der Waals surface area (Å²) in [5.41, 5.74) is 4.37. The molecule has 0 saturated carbocycles. The highest BCUT2D eigenvalue weighted by Gasteiger charge is 2.35. The van der Waals surface area contributed by atoms with Crippen molar-refractivity contribution in [1.82, 2.24) is 5.43 Å². The Morgan fingerprint density at radius 3 is 2.14 bits per heavy atom. The SMILES string of the molecule is CC1N(c2ccccc2)N=C([N+](=O)[O-])NN1c1ccccc1. The molecular weight excluding hydrogens is 282 g/mol. The smallest absolute Gasteiger partial charge is 0.390 e. The van der Waals surface area contributed by atoms with Crippen LogP contribution in [0.4, 0.5) is 11.4 Å². The molecule has 1 aliphatic heterocycles. The van der Waals surface area contributed by atoms with E-state index in [9.17, 15) is 10.1 Å². The number of hydrogen-bond acceptors (Lipinski definition) is 6. The van der Waals surface area contributed by atoms with Crippen LogP contribution in [0.3, 0.4) is 0 Å². The van der Waals surface area contributed by atoms with Crippen LogP contribution >= 0.6 is 0 Å². The van der Waals surface area contributed by atoms with Crippen molar-refractivity contribution >= 4 is 17.3 Å². The zero-order valence-corrected chi connectivity index (χ0v) is 12.0. The summed E-state index contributed by atoms with van der Waals surface area (Å²) in [5, 5.41) is 18.6. The third-order valence-electron chi connectivity index (χ3n) is 3.38. The van der Waals surface area contributed by atoms with Crippen LogP contribution in [-0.2, 0) is 0 Å². The molecule has 1 aliphatic rings. The molecule has 0 bridgehead atoms. The van der Waals surface area contributed by atoms with E-state index in [1.165, 1.54) is 0 Å². The van der Waals surface area contributed by atoms with Gasteiger partial charge in [0.1, 0.15) is 0 Å². The van der Waals surface area contributed by atoms with Crippen LogP contribution in [0.25, 0.3) is 0 Å². The van der Waals surface area contributed by atoms with Gasteiger partial charge in [0.15, 0.2) is 6.17 Å². The van der Waals surface area contributed by atoms with Gasteiger partial charge in [-0.15, -0.1) is 0 Å². The number of nitro groups is 1. The molecule has 3 rings (SSSR count). The molecule has 1 unspecified atom stereocenters. The first-order chi connectivity index (χ1) is 10.7. The Morgan fingerprint density at radius 1 is 1.05 bits per heavy atom. The van der Waals surface area contributed by atoms with Gasteiger partial charge < -0.3 is 10.1 Å². The number of anilines is 2. The lowest BCUT2D eigenvalue weighted by Crippen LogP contribution is -2.60. The second-order valence-electron chi connectivity index (χ2n) is 4.81. The summed E-state index contributed by atoms with van der Waals surface area (Å²) in [6.45, 7) is 1.92. The number of nitrogens with one attached hydrogen (secondary N) is 1. The standard InChI is InChI=1S/C15H15N5O2/c1-12-18(13-8-4-2-5-9-13)16-15(20(21)22)17-19(12)14-10-6-3-7-11-14/h2-12H,1H3,(H,16,17). The van der Waals surface area contributed by atoms with Crippen molar-refractivity contribution in [3.63, 3.8) is 0 Å². The summed E-state index contributed by atoms with van der Waals surface area (Å²) in [7, 11) is 0. The minimum absolute atomic E-state index is 0.228. The van der Waals surface area contributed by atoms with Gasteiger partial charge in [0.25, 0.3) is 0 Å². The summed E-state index contributed by atoms with van der Waals surface area (Å²) in [4.78, 5) is 10.6. The Hall–Kier alpha value is -3.09. The highest BCUT2D eigenvalue weighted by atomic mass is 16.6. The maximum Gasteiger partial charge on any atom is 0.470 e. The van der Waals surface area contributed by atoms with Crippen LogP contribution in [0.1, 0.15) is 6.92 Å². The topological polar surface area (TPSA) is 74.0 Å². The molecule has 0 saturated heterocycles. The van der Waals surface area contributed by atoms with Gasteiger partial charge in [-0.25, -0.2) is 5.01 Å². The number of para-hydroxylation sites is 2. The van der Waals surface area contributed by atoms with Crippen LogP contribution in [0, 0.1) is 10.1 Å². The zero-order chi connectivity index (χ0) is 15.5. The molecule has 1 heterocycles. The fraction of sp³-hybridized carbons (Fsp3) is 0.133. The number of hydrazine groups is 1. The summed E-state index contributed by atoms with van der Waals surface area (Å²) in [6, 6.07) is 18.8. The van der Waals surface area contributed by atoms with E-state index in [0.29, 0.717) is 0 Å². The second kappa shape index (κ2) is 5.72. The molecule has 0 amide bonds. The van der Waals surface area contributed by atoms with Crippen molar-refractivity contribution in [3.8, 4) is 0 Å². The summed E-state index contributed by atoms with van der Waals surface area (Å²) >= 11 is 0. The van der Waals surface area contributed by atoms with Crippen molar-refractivity contribution in [2.45, 2.75) is 13.1 Å². The Labute approximate surface area is 127 Å². The van der Waals surface area contributed by atoms with E-state index in [4.69, 9.17) is 0 Å². The predicted molar refractivity (Wildman–Crippen MR) is 84.9 cm³/mol. The fourth-order valence-corrected chi connectivity index (χ4v) is 2.32. The molecule has 2 aromatic rings. The van der Waals surface area contributed by atoms with Gasteiger partial charge in [0.05, 0.1) is 11.4 Å². The Kier molecular flexibility index (Phi) is 3.61. The first-order valence-electron chi connectivity index (χ1n) is 6.85. The van der Waals surface area contributed by atoms with E-state index in [2.05, 4.69) is 10.5 Å². The summed E-state index contributed by atoms with van der Waals surface area (Å²) in [6.07, 6.45) is -0.228. The molecule has 7 heteroatoms. The molecule has 1 N–H and O–H groups in total. The molecule has 2 aromatic carbocycles. The van der Waals surface area contributed by atoms with Gasteiger partial charge in [-0.2, -0.15) is 10.4 Å².